The van der Waals surface area contributed by atoms with Crippen molar-refractivity contribution in [3.63, 3.8) is 0 Å². The molecule has 0 aliphatic carbocycles. The molecule has 18 heavy (non-hydrogen) atoms. The minimum atomic E-state index is -1.04. The predicted molar refractivity (Wildman–Crippen MR) is 61.3 cm³/mol. The Labute approximate surface area is 106 Å². The first kappa shape index (κ1) is 14.9. The third kappa shape index (κ3) is 4.99. The van der Waals surface area contributed by atoms with Crippen LogP contribution < -0.4 is 0 Å². The van der Waals surface area contributed by atoms with Gasteiger partial charge in [0.15, 0.2) is 6.10 Å². The van der Waals surface area contributed by atoms with E-state index in [0.29, 0.717) is 26.4 Å². The van der Waals surface area contributed by atoms with Gasteiger partial charge in [-0.05, 0) is 0 Å². The molecule has 1 N–H and O–H groups in total. The zero-order valence-electron chi connectivity index (χ0n) is 10.5. The SMILES string of the molecule is COCCOCCC(=O)N1CCOC(C(=O)O)C1. The zero-order valence-corrected chi connectivity index (χ0v) is 10.5. The molecule has 0 aromatic carbocycles. The highest BCUT2D eigenvalue weighted by atomic mass is 16.5. The van der Waals surface area contributed by atoms with Gasteiger partial charge >= 0.3 is 5.97 Å². The monoisotopic (exact) mass is 261 g/mol. The van der Waals surface area contributed by atoms with Crippen LogP contribution in [0.15, 0.2) is 0 Å². The number of hydrogen-bond acceptors (Lipinski definition) is 5. The molecule has 0 radical (unpaired) electrons. The predicted octanol–water partition coefficient (Wildman–Crippen LogP) is -0.648. The number of rotatable bonds is 7. The van der Waals surface area contributed by atoms with Gasteiger partial charge < -0.3 is 24.2 Å². The lowest BCUT2D eigenvalue weighted by Crippen LogP contribution is -2.48. The van der Waals surface area contributed by atoms with E-state index in [1.807, 2.05) is 0 Å². The number of aliphatic carboxylic acids is 1. The van der Waals surface area contributed by atoms with Crippen molar-refractivity contribution in [2.75, 3.05) is 46.6 Å². The highest BCUT2D eigenvalue weighted by Gasteiger charge is 2.28. The van der Waals surface area contributed by atoms with Gasteiger partial charge in [0.1, 0.15) is 0 Å². The van der Waals surface area contributed by atoms with Gasteiger partial charge in [0, 0.05) is 13.7 Å². The summed E-state index contributed by atoms with van der Waals surface area (Å²) >= 11 is 0. The maximum absolute atomic E-state index is 11.8. The first-order valence-electron chi connectivity index (χ1n) is 5.84. The van der Waals surface area contributed by atoms with Crippen molar-refractivity contribution < 1.29 is 28.9 Å². The van der Waals surface area contributed by atoms with Crippen LogP contribution in [-0.4, -0.2) is 74.6 Å². The molecule has 0 saturated carbocycles. The van der Waals surface area contributed by atoms with Crippen LogP contribution in [0.3, 0.4) is 0 Å². The van der Waals surface area contributed by atoms with Crippen molar-refractivity contribution in [3.05, 3.63) is 0 Å². The van der Waals surface area contributed by atoms with E-state index in [0.717, 1.165) is 0 Å². The first-order chi connectivity index (χ1) is 8.65. The second kappa shape index (κ2) is 8.02. The molecular weight excluding hydrogens is 242 g/mol. The Morgan fingerprint density at radius 2 is 2.17 bits per heavy atom. The number of hydrogen-bond donors (Lipinski definition) is 1. The van der Waals surface area contributed by atoms with E-state index >= 15 is 0 Å². The van der Waals surface area contributed by atoms with Crippen LogP contribution >= 0.6 is 0 Å². The van der Waals surface area contributed by atoms with E-state index < -0.39 is 12.1 Å². The number of amides is 1. The third-order valence-corrected chi connectivity index (χ3v) is 2.59. The first-order valence-corrected chi connectivity index (χ1v) is 5.84. The molecule has 0 bridgehead atoms. The number of methoxy groups -OCH3 is 1. The maximum Gasteiger partial charge on any atom is 0.334 e. The molecule has 1 aliphatic rings. The van der Waals surface area contributed by atoms with Crippen LogP contribution in [0.25, 0.3) is 0 Å². The molecule has 1 unspecified atom stereocenters. The van der Waals surface area contributed by atoms with Crippen molar-refractivity contribution in [2.24, 2.45) is 0 Å². The van der Waals surface area contributed by atoms with Crippen LogP contribution in [0.5, 0.6) is 0 Å². The molecule has 1 heterocycles. The largest absolute Gasteiger partial charge is 0.479 e. The topological polar surface area (TPSA) is 85.3 Å². The van der Waals surface area contributed by atoms with E-state index in [-0.39, 0.29) is 25.5 Å². The van der Waals surface area contributed by atoms with E-state index in [1.54, 1.807) is 7.11 Å². The van der Waals surface area contributed by atoms with Crippen LogP contribution in [0.2, 0.25) is 0 Å². The quantitative estimate of drug-likeness (QED) is 0.613. The molecule has 1 atom stereocenters. The smallest absolute Gasteiger partial charge is 0.334 e. The second-order valence-electron chi connectivity index (χ2n) is 3.89. The number of carboxylic acids is 1. The fraction of sp³-hybridized carbons (Fsp3) is 0.818. The standard InChI is InChI=1S/C11H19NO6/c1-16-6-7-17-4-2-10(13)12-3-5-18-9(8-12)11(14)15/h9H,2-8H2,1H3,(H,14,15). The normalized spacial score (nSPS) is 19.8. The van der Waals surface area contributed by atoms with Gasteiger partial charge in [-0.15, -0.1) is 0 Å². The van der Waals surface area contributed by atoms with E-state index in [1.165, 1.54) is 4.90 Å². The van der Waals surface area contributed by atoms with Gasteiger partial charge in [-0.25, -0.2) is 4.79 Å². The minimum absolute atomic E-state index is 0.103. The van der Waals surface area contributed by atoms with E-state index in [4.69, 9.17) is 19.3 Å². The molecule has 0 aromatic rings. The summed E-state index contributed by atoms with van der Waals surface area (Å²) < 4.78 is 15.0. The Kier molecular flexibility index (Phi) is 6.63. The molecule has 1 fully saturated rings. The fourth-order valence-electron chi connectivity index (χ4n) is 1.59. The van der Waals surface area contributed by atoms with Crippen molar-refractivity contribution in [1.82, 2.24) is 4.90 Å². The van der Waals surface area contributed by atoms with Crippen molar-refractivity contribution in [1.29, 1.82) is 0 Å². The van der Waals surface area contributed by atoms with Gasteiger partial charge in [-0.3, -0.25) is 4.79 Å². The molecule has 0 spiro atoms. The number of carbonyl (C=O) groups is 2. The van der Waals surface area contributed by atoms with Crippen LogP contribution in [-0.2, 0) is 23.8 Å². The van der Waals surface area contributed by atoms with Gasteiger partial charge in [-0.2, -0.15) is 0 Å². The molecule has 7 nitrogen and oxygen atoms in total. The molecule has 104 valence electrons. The van der Waals surface area contributed by atoms with Crippen LogP contribution in [0, 0.1) is 0 Å². The number of carbonyl (C=O) groups excluding carboxylic acids is 1. The van der Waals surface area contributed by atoms with E-state index in [9.17, 15) is 9.59 Å². The summed E-state index contributed by atoms with van der Waals surface area (Å²) in [5.41, 5.74) is 0. The van der Waals surface area contributed by atoms with Gasteiger partial charge in [-0.1, -0.05) is 0 Å². The summed E-state index contributed by atoms with van der Waals surface area (Å²) in [7, 11) is 1.58. The molecule has 7 heteroatoms. The highest BCUT2D eigenvalue weighted by molar-refractivity contribution is 5.78. The van der Waals surface area contributed by atoms with Crippen molar-refractivity contribution in [3.8, 4) is 0 Å². The average molecular weight is 261 g/mol. The summed E-state index contributed by atoms with van der Waals surface area (Å²) in [5, 5.41) is 8.81. The van der Waals surface area contributed by atoms with Crippen molar-refractivity contribution in [2.45, 2.75) is 12.5 Å². The Morgan fingerprint density at radius 1 is 1.39 bits per heavy atom. The Morgan fingerprint density at radius 3 is 2.83 bits per heavy atom. The minimum Gasteiger partial charge on any atom is -0.479 e. The Balaban J connectivity index is 2.22. The number of nitrogens with zero attached hydrogens (tertiary/aromatic N) is 1. The Bertz CT molecular complexity index is 283. The van der Waals surface area contributed by atoms with Crippen molar-refractivity contribution >= 4 is 11.9 Å². The lowest BCUT2D eigenvalue weighted by Gasteiger charge is -2.30. The zero-order chi connectivity index (χ0) is 13.4. The summed E-state index contributed by atoms with van der Waals surface area (Å²) in [6.45, 7) is 2.05. The molecule has 1 rings (SSSR count). The summed E-state index contributed by atoms with van der Waals surface area (Å²) in [6.07, 6.45) is -0.673. The lowest BCUT2D eigenvalue weighted by molar-refractivity contribution is -0.159. The fourth-order valence-corrected chi connectivity index (χ4v) is 1.59. The number of morpholine rings is 1. The second-order valence-corrected chi connectivity index (χ2v) is 3.89. The molecule has 1 aliphatic heterocycles. The summed E-state index contributed by atoms with van der Waals surface area (Å²) in [4.78, 5) is 24.0. The Hall–Kier alpha value is -1.18. The van der Waals surface area contributed by atoms with Gasteiger partial charge in [0.25, 0.3) is 0 Å². The third-order valence-electron chi connectivity index (χ3n) is 2.59. The molecule has 1 amide bonds. The van der Waals surface area contributed by atoms with Crippen LogP contribution in [0.1, 0.15) is 6.42 Å². The van der Waals surface area contributed by atoms with Crippen LogP contribution in [0.4, 0.5) is 0 Å². The van der Waals surface area contributed by atoms with Gasteiger partial charge in [0.2, 0.25) is 5.91 Å². The van der Waals surface area contributed by atoms with Gasteiger partial charge in [0.05, 0.1) is 39.4 Å². The van der Waals surface area contributed by atoms with E-state index in [2.05, 4.69) is 0 Å². The summed E-state index contributed by atoms with van der Waals surface area (Å²) in [5.74, 6) is -1.15. The molecule has 0 aromatic heterocycles. The maximum atomic E-state index is 11.8. The molecule has 1 saturated heterocycles. The summed E-state index contributed by atoms with van der Waals surface area (Å²) in [6, 6.07) is 0. The average Bonchev–Trinajstić information content (AvgIpc) is 2.38. The lowest BCUT2D eigenvalue weighted by atomic mass is 10.2. The molecular formula is C11H19NO6. The number of ether oxygens (including phenoxy) is 3. The highest BCUT2D eigenvalue weighted by Crippen LogP contribution is 2.07. The number of carboxylic acid groups (broad SMARTS) is 1.